The van der Waals surface area contributed by atoms with Gasteiger partial charge >= 0.3 is 0 Å². The van der Waals surface area contributed by atoms with Crippen LogP contribution < -0.4 is 10.5 Å². The second-order valence-electron chi connectivity index (χ2n) is 3.97. The van der Waals surface area contributed by atoms with Crippen LogP contribution in [0.4, 0.5) is 15.9 Å². The van der Waals surface area contributed by atoms with E-state index < -0.39 is 15.8 Å². The molecule has 0 saturated carbocycles. The van der Waals surface area contributed by atoms with Crippen molar-refractivity contribution in [1.82, 2.24) is 4.98 Å². The number of sulfonamides is 1. The lowest BCUT2D eigenvalue weighted by atomic mass is 10.2. The van der Waals surface area contributed by atoms with Crippen molar-refractivity contribution >= 4 is 21.5 Å². The molecule has 1 aromatic heterocycles. The molecule has 0 saturated heterocycles. The predicted octanol–water partition coefficient (Wildman–Crippen LogP) is 1.74. The second kappa shape index (κ2) is 5.23. The van der Waals surface area contributed by atoms with Crippen molar-refractivity contribution in [3.05, 3.63) is 54.0 Å². The van der Waals surface area contributed by atoms with Gasteiger partial charge in [0.05, 0.1) is 11.9 Å². The second-order valence-corrected chi connectivity index (χ2v) is 5.69. The van der Waals surface area contributed by atoms with Gasteiger partial charge in [-0.15, -0.1) is 0 Å². The van der Waals surface area contributed by atoms with E-state index in [1.54, 1.807) is 24.3 Å². The summed E-state index contributed by atoms with van der Waals surface area (Å²) in [6, 6.07) is 8.98. The highest BCUT2D eigenvalue weighted by molar-refractivity contribution is 7.91. The van der Waals surface area contributed by atoms with Crippen LogP contribution in [0.5, 0.6) is 0 Å². The summed E-state index contributed by atoms with van der Waals surface area (Å²) in [5.74, 6) is -0.680. The van der Waals surface area contributed by atoms with Crippen molar-refractivity contribution in [2.75, 3.05) is 10.5 Å². The van der Waals surface area contributed by atoms with Crippen molar-refractivity contribution in [2.45, 2.75) is 5.75 Å². The number of rotatable bonds is 4. The Bertz CT molecular complexity index is 672. The van der Waals surface area contributed by atoms with E-state index in [0.29, 0.717) is 11.3 Å². The van der Waals surface area contributed by atoms with Gasteiger partial charge in [-0.05, 0) is 29.8 Å². The highest BCUT2D eigenvalue weighted by Crippen LogP contribution is 2.13. The third-order valence-electron chi connectivity index (χ3n) is 2.30. The van der Waals surface area contributed by atoms with Crippen molar-refractivity contribution in [3.8, 4) is 0 Å². The molecular formula is C12H12FN3O2S. The summed E-state index contributed by atoms with van der Waals surface area (Å²) in [4.78, 5) is 3.63. The minimum absolute atomic E-state index is 0.0744. The fourth-order valence-corrected chi connectivity index (χ4v) is 2.66. The summed E-state index contributed by atoms with van der Waals surface area (Å²) in [7, 11) is -3.61. The van der Waals surface area contributed by atoms with Gasteiger partial charge in [-0.3, -0.25) is 4.72 Å². The van der Waals surface area contributed by atoms with Crippen LogP contribution in [0.2, 0.25) is 0 Å². The van der Waals surface area contributed by atoms with Crippen LogP contribution in [-0.2, 0) is 15.8 Å². The van der Waals surface area contributed by atoms with Gasteiger partial charge < -0.3 is 5.73 Å². The summed E-state index contributed by atoms with van der Waals surface area (Å²) in [5.41, 5.74) is 6.64. The van der Waals surface area contributed by atoms with Gasteiger partial charge in [-0.2, -0.15) is 0 Å². The number of hydrogen-bond acceptors (Lipinski definition) is 4. The van der Waals surface area contributed by atoms with Crippen LogP contribution in [0.15, 0.2) is 42.6 Å². The Morgan fingerprint density at radius 3 is 2.68 bits per heavy atom. The van der Waals surface area contributed by atoms with Crippen LogP contribution in [-0.4, -0.2) is 13.4 Å². The minimum Gasteiger partial charge on any atom is -0.399 e. The van der Waals surface area contributed by atoms with Crippen LogP contribution >= 0.6 is 0 Å². The average molecular weight is 281 g/mol. The largest absolute Gasteiger partial charge is 0.399 e. The molecule has 0 bridgehead atoms. The molecule has 0 fully saturated rings. The minimum atomic E-state index is -3.61. The summed E-state index contributed by atoms with van der Waals surface area (Å²) in [6.07, 6.45) is 0.943. The molecule has 1 aromatic carbocycles. The standard InChI is InChI=1S/C12H12FN3O2S/c13-10-4-5-12(15-7-10)16-19(17,18)8-9-2-1-3-11(14)6-9/h1-7H,8,14H2,(H,15,16). The molecule has 2 aromatic rings. The van der Waals surface area contributed by atoms with E-state index in [2.05, 4.69) is 9.71 Å². The molecule has 7 heteroatoms. The van der Waals surface area contributed by atoms with Crippen molar-refractivity contribution < 1.29 is 12.8 Å². The van der Waals surface area contributed by atoms with Gasteiger partial charge in [0.1, 0.15) is 11.6 Å². The lowest BCUT2D eigenvalue weighted by Crippen LogP contribution is -2.16. The Kier molecular flexibility index (Phi) is 3.66. The Hall–Kier alpha value is -2.15. The first-order valence-electron chi connectivity index (χ1n) is 5.41. The Labute approximate surface area is 110 Å². The zero-order valence-electron chi connectivity index (χ0n) is 9.88. The van der Waals surface area contributed by atoms with Gasteiger partial charge in [0.2, 0.25) is 10.0 Å². The highest BCUT2D eigenvalue weighted by atomic mass is 32.2. The highest BCUT2D eigenvalue weighted by Gasteiger charge is 2.12. The summed E-state index contributed by atoms with van der Waals surface area (Å²) in [6.45, 7) is 0. The average Bonchev–Trinajstić information content (AvgIpc) is 2.31. The molecule has 0 atom stereocenters. The molecular weight excluding hydrogens is 269 g/mol. The summed E-state index contributed by atoms with van der Waals surface area (Å²) in [5, 5.41) is 0. The maximum absolute atomic E-state index is 12.7. The van der Waals surface area contributed by atoms with E-state index >= 15 is 0 Å². The Morgan fingerprint density at radius 2 is 2.05 bits per heavy atom. The first kappa shape index (κ1) is 13.3. The zero-order chi connectivity index (χ0) is 13.9. The topological polar surface area (TPSA) is 85.1 Å². The van der Waals surface area contributed by atoms with Crippen LogP contribution in [0.1, 0.15) is 5.56 Å². The number of nitrogens with zero attached hydrogens (tertiary/aromatic N) is 1. The van der Waals surface area contributed by atoms with Gasteiger partial charge in [0, 0.05) is 5.69 Å². The number of nitrogen functional groups attached to an aromatic ring is 1. The summed E-state index contributed by atoms with van der Waals surface area (Å²) < 4.78 is 38.7. The van der Waals surface area contributed by atoms with E-state index in [1.165, 1.54) is 6.07 Å². The number of halogens is 1. The molecule has 0 aliphatic rings. The maximum Gasteiger partial charge on any atom is 0.238 e. The van der Waals surface area contributed by atoms with Gasteiger partial charge in [-0.1, -0.05) is 12.1 Å². The van der Waals surface area contributed by atoms with E-state index in [4.69, 9.17) is 5.73 Å². The fourth-order valence-electron chi connectivity index (χ4n) is 1.53. The first-order valence-corrected chi connectivity index (χ1v) is 7.06. The molecule has 0 radical (unpaired) electrons. The first-order chi connectivity index (χ1) is 8.94. The van der Waals surface area contributed by atoms with Gasteiger partial charge in [0.25, 0.3) is 0 Å². The van der Waals surface area contributed by atoms with E-state index in [1.807, 2.05) is 0 Å². The lowest BCUT2D eigenvalue weighted by molar-refractivity contribution is 0.599. The van der Waals surface area contributed by atoms with Crippen LogP contribution in [0.25, 0.3) is 0 Å². The quantitative estimate of drug-likeness (QED) is 0.836. The Morgan fingerprint density at radius 1 is 1.26 bits per heavy atom. The number of aromatic nitrogens is 1. The van der Waals surface area contributed by atoms with Crippen LogP contribution in [0, 0.1) is 5.82 Å². The fraction of sp³-hybridized carbons (Fsp3) is 0.0833. The molecule has 1 heterocycles. The predicted molar refractivity (Wildman–Crippen MR) is 71.3 cm³/mol. The smallest absolute Gasteiger partial charge is 0.238 e. The van der Waals surface area contributed by atoms with Crippen molar-refractivity contribution in [2.24, 2.45) is 0 Å². The lowest BCUT2D eigenvalue weighted by Gasteiger charge is -2.07. The molecule has 19 heavy (non-hydrogen) atoms. The van der Waals surface area contributed by atoms with Gasteiger partial charge in [0.15, 0.2) is 0 Å². The number of hydrogen-bond donors (Lipinski definition) is 2. The molecule has 2 rings (SSSR count). The molecule has 0 aliphatic heterocycles. The maximum atomic E-state index is 12.7. The van der Waals surface area contributed by atoms with Crippen molar-refractivity contribution in [1.29, 1.82) is 0 Å². The normalized spacial score (nSPS) is 11.2. The molecule has 100 valence electrons. The van der Waals surface area contributed by atoms with Gasteiger partial charge in [-0.25, -0.2) is 17.8 Å². The molecule has 0 amide bonds. The third kappa shape index (κ3) is 3.92. The Balaban J connectivity index is 2.13. The number of nitrogens with two attached hydrogens (primary N) is 1. The molecule has 0 unspecified atom stereocenters. The third-order valence-corrected chi connectivity index (χ3v) is 3.53. The summed E-state index contributed by atoms with van der Waals surface area (Å²) >= 11 is 0. The molecule has 3 N–H and O–H groups in total. The molecule has 0 spiro atoms. The number of benzene rings is 1. The number of anilines is 2. The van der Waals surface area contributed by atoms with E-state index in [-0.39, 0.29) is 11.6 Å². The zero-order valence-corrected chi connectivity index (χ0v) is 10.7. The van der Waals surface area contributed by atoms with E-state index in [0.717, 1.165) is 12.3 Å². The van der Waals surface area contributed by atoms with Crippen LogP contribution in [0.3, 0.4) is 0 Å². The molecule has 0 aliphatic carbocycles. The monoisotopic (exact) mass is 281 g/mol. The number of pyridine rings is 1. The molecule has 5 nitrogen and oxygen atoms in total. The van der Waals surface area contributed by atoms with Crippen molar-refractivity contribution in [3.63, 3.8) is 0 Å². The number of nitrogens with one attached hydrogen (secondary N) is 1. The van der Waals surface area contributed by atoms with E-state index in [9.17, 15) is 12.8 Å². The SMILES string of the molecule is Nc1cccc(CS(=O)(=O)Nc2ccc(F)cn2)c1.